The van der Waals surface area contributed by atoms with Crippen molar-refractivity contribution in [3.63, 3.8) is 0 Å². The molecular formula is C17H22N4O3S. The van der Waals surface area contributed by atoms with E-state index < -0.39 is 10.0 Å². The Bertz CT molecular complexity index is 817. The maximum atomic E-state index is 12.3. The molecule has 0 aliphatic carbocycles. The van der Waals surface area contributed by atoms with Crippen molar-refractivity contribution in [3.05, 3.63) is 48.3 Å². The summed E-state index contributed by atoms with van der Waals surface area (Å²) in [6.45, 7) is 2.19. The van der Waals surface area contributed by atoms with E-state index in [-0.39, 0.29) is 10.8 Å². The van der Waals surface area contributed by atoms with Gasteiger partial charge in [-0.2, -0.15) is 5.10 Å². The number of carbonyl (C=O) groups is 1. The van der Waals surface area contributed by atoms with Crippen molar-refractivity contribution < 1.29 is 13.2 Å². The van der Waals surface area contributed by atoms with E-state index in [0.29, 0.717) is 32.5 Å². The van der Waals surface area contributed by atoms with Gasteiger partial charge in [0.1, 0.15) is 4.90 Å². The molecule has 0 atom stereocenters. The van der Waals surface area contributed by atoms with Crippen LogP contribution in [0.25, 0.3) is 0 Å². The second-order valence-corrected chi connectivity index (χ2v) is 7.86. The number of rotatable bonds is 8. The summed E-state index contributed by atoms with van der Waals surface area (Å²) in [7, 11) is -3.58. The molecule has 0 unspecified atom stereocenters. The number of carbonyl (C=O) groups excluding carboxylic acids is 1. The summed E-state index contributed by atoms with van der Waals surface area (Å²) in [5.41, 5.74) is 1.05. The lowest BCUT2D eigenvalue weighted by molar-refractivity contribution is -0.127. The average Bonchev–Trinajstić information content (AvgIpc) is 3.22. The first-order valence-corrected chi connectivity index (χ1v) is 9.87. The fourth-order valence-electron chi connectivity index (χ4n) is 2.84. The molecule has 134 valence electrons. The molecule has 2 heterocycles. The maximum Gasteiger partial charge on any atom is 0.243 e. The number of amides is 1. The van der Waals surface area contributed by atoms with Crippen LogP contribution in [0.3, 0.4) is 0 Å². The Morgan fingerprint density at radius 3 is 2.72 bits per heavy atom. The number of nitrogens with one attached hydrogen (secondary N) is 1. The number of sulfonamides is 1. The van der Waals surface area contributed by atoms with Crippen molar-refractivity contribution in [1.82, 2.24) is 19.4 Å². The van der Waals surface area contributed by atoms with Gasteiger partial charge < -0.3 is 4.90 Å². The molecule has 0 saturated carbocycles. The second-order valence-electron chi connectivity index (χ2n) is 6.09. The Balaban J connectivity index is 1.51. The topological polar surface area (TPSA) is 84.3 Å². The van der Waals surface area contributed by atoms with Crippen LogP contribution in [-0.2, 0) is 21.4 Å². The van der Waals surface area contributed by atoms with E-state index in [4.69, 9.17) is 0 Å². The number of benzene rings is 1. The summed E-state index contributed by atoms with van der Waals surface area (Å²) >= 11 is 0. The van der Waals surface area contributed by atoms with Crippen LogP contribution in [0.5, 0.6) is 0 Å². The van der Waals surface area contributed by atoms with Crippen molar-refractivity contribution in [1.29, 1.82) is 0 Å². The summed E-state index contributed by atoms with van der Waals surface area (Å²) in [6, 6.07) is 9.73. The van der Waals surface area contributed by atoms with Gasteiger partial charge in [0.25, 0.3) is 0 Å². The largest absolute Gasteiger partial charge is 0.343 e. The van der Waals surface area contributed by atoms with Crippen molar-refractivity contribution in [2.45, 2.75) is 30.7 Å². The maximum absolute atomic E-state index is 12.3. The number of aromatic nitrogens is 2. The summed E-state index contributed by atoms with van der Waals surface area (Å²) in [4.78, 5) is 13.5. The third-order valence-electron chi connectivity index (χ3n) is 4.18. The predicted molar refractivity (Wildman–Crippen MR) is 93.4 cm³/mol. The lowest BCUT2D eigenvalue weighted by Gasteiger charge is -2.15. The molecule has 7 nitrogen and oxygen atoms in total. The summed E-state index contributed by atoms with van der Waals surface area (Å²) in [5, 5.41) is 4.12. The normalized spacial score (nSPS) is 15.0. The molecule has 1 aliphatic rings. The molecular weight excluding hydrogens is 340 g/mol. The van der Waals surface area contributed by atoms with Crippen molar-refractivity contribution >= 4 is 15.9 Å². The van der Waals surface area contributed by atoms with Gasteiger partial charge in [0.05, 0.1) is 12.7 Å². The highest BCUT2D eigenvalue weighted by Gasteiger charge is 2.20. The Morgan fingerprint density at radius 2 is 2.00 bits per heavy atom. The van der Waals surface area contributed by atoms with Crippen molar-refractivity contribution in [3.8, 4) is 0 Å². The minimum Gasteiger partial charge on any atom is -0.343 e. The molecule has 2 aromatic rings. The lowest BCUT2D eigenvalue weighted by Crippen LogP contribution is -2.30. The number of likely N-dealkylation sites (tertiary alicyclic amines) is 1. The Labute approximate surface area is 147 Å². The number of nitrogens with zero attached hydrogens (tertiary/aromatic N) is 3. The van der Waals surface area contributed by atoms with Gasteiger partial charge in [-0.05, 0) is 18.4 Å². The highest BCUT2D eigenvalue weighted by molar-refractivity contribution is 7.89. The number of hydrogen-bond acceptors (Lipinski definition) is 4. The molecule has 1 N–H and O–H groups in total. The molecule has 0 radical (unpaired) electrons. The van der Waals surface area contributed by atoms with E-state index in [0.717, 1.165) is 18.5 Å². The van der Waals surface area contributed by atoms with Crippen LogP contribution in [0.15, 0.2) is 47.6 Å². The quantitative estimate of drug-likeness (QED) is 0.716. The third-order valence-corrected chi connectivity index (χ3v) is 5.59. The molecule has 1 fully saturated rings. The first-order chi connectivity index (χ1) is 12.0. The fraction of sp³-hybridized carbons (Fsp3) is 0.412. The predicted octanol–water partition coefficient (Wildman–Crippen LogP) is 1.22. The van der Waals surface area contributed by atoms with Crippen LogP contribution in [0, 0.1) is 0 Å². The first-order valence-electron chi connectivity index (χ1n) is 8.38. The third kappa shape index (κ3) is 4.67. The molecule has 1 aromatic heterocycles. The van der Waals surface area contributed by atoms with E-state index in [1.807, 2.05) is 30.3 Å². The minimum atomic E-state index is -3.58. The summed E-state index contributed by atoms with van der Waals surface area (Å²) < 4.78 is 28.8. The second kappa shape index (κ2) is 7.79. The van der Waals surface area contributed by atoms with Crippen LogP contribution >= 0.6 is 0 Å². The Morgan fingerprint density at radius 1 is 1.20 bits per heavy atom. The Kier molecular flexibility index (Phi) is 5.50. The Hall–Kier alpha value is -2.19. The molecule has 1 saturated heterocycles. The summed E-state index contributed by atoms with van der Waals surface area (Å²) in [6.07, 6.45) is 4.98. The molecule has 1 aliphatic heterocycles. The highest BCUT2D eigenvalue weighted by Crippen LogP contribution is 2.11. The molecule has 0 bridgehead atoms. The first kappa shape index (κ1) is 17.6. The van der Waals surface area contributed by atoms with Gasteiger partial charge in [0.2, 0.25) is 15.9 Å². The molecule has 0 spiro atoms. The zero-order valence-corrected chi connectivity index (χ0v) is 14.8. The fourth-order valence-corrected chi connectivity index (χ4v) is 3.87. The summed E-state index contributed by atoms with van der Waals surface area (Å²) in [5.74, 6) is 0.157. The number of hydrogen-bond donors (Lipinski definition) is 1. The van der Waals surface area contributed by atoms with E-state index in [1.165, 1.54) is 12.4 Å². The van der Waals surface area contributed by atoms with E-state index in [1.54, 1.807) is 9.58 Å². The van der Waals surface area contributed by atoms with Gasteiger partial charge >= 0.3 is 0 Å². The smallest absolute Gasteiger partial charge is 0.243 e. The van der Waals surface area contributed by atoms with Crippen LogP contribution in [0.1, 0.15) is 24.8 Å². The van der Waals surface area contributed by atoms with Gasteiger partial charge in [-0.1, -0.05) is 30.3 Å². The van der Waals surface area contributed by atoms with Crippen LogP contribution in [-0.4, -0.2) is 48.6 Å². The molecule has 1 amide bonds. The zero-order chi connectivity index (χ0) is 17.7. The molecule has 3 rings (SSSR count). The molecule has 8 heteroatoms. The van der Waals surface area contributed by atoms with E-state index >= 15 is 0 Å². The van der Waals surface area contributed by atoms with Gasteiger partial charge in [0.15, 0.2) is 0 Å². The minimum absolute atomic E-state index is 0.153. The van der Waals surface area contributed by atoms with Gasteiger partial charge in [-0.3, -0.25) is 9.48 Å². The molecule has 25 heavy (non-hydrogen) atoms. The average molecular weight is 362 g/mol. The van der Waals surface area contributed by atoms with Crippen LogP contribution < -0.4 is 4.72 Å². The van der Waals surface area contributed by atoms with E-state index in [9.17, 15) is 13.2 Å². The van der Waals surface area contributed by atoms with E-state index in [2.05, 4.69) is 9.82 Å². The zero-order valence-electron chi connectivity index (χ0n) is 14.0. The molecule has 1 aromatic carbocycles. The van der Waals surface area contributed by atoms with Gasteiger partial charge in [-0.25, -0.2) is 13.1 Å². The standard InChI is InChI=1S/C17H22N4O3S/c22-17-8-4-10-20(17)11-5-9-19-25(23,24)16-12-18-21(14-16)13-15-6-2-1-3-7-15/h1-3,6-7,12,14,19H,4-5,8-11,13H2. The lowest BCUT2D eigenvalue weighted by atomic mass is 10.2. The van der Waals surface area contributed by atoms with Gasteiger partial charge in [0, 0.05) is 32.3 Å². The van der Waals surface area contributed by atoms with Crippen LogP contribution in [0.2, 0.25) is 0 Å². The van der Waals surface area contributed by atoms with Crippen LogP contribution in [0.4, 0.5) is 0 Å². The highest BCUT2D eigenvalue weighted by atomic mass is 32.2. The van der Waals surface area contributed by atoms with Gasteiger partial charge in [-0.15, -0.1) is 0 Å². The monoisotopic (exact) mass is 362 g/mol. The van der Waals surface area contributed by atoms with Crippen molar-refractivity contribution in [2.75, 3.05) is 19.6 Å². The van der Waals surface area contributed by atoms with Crippen molar-refractivity contribution in [2.24, 2.45) is 0 Å². The SMILES string of the molecule is O=C1CCCN1CCCNS(=O)(=O)c1cnn(Cc2ccccc2)c1.